The Hall–Kier alpha value is -0.800. The predicted molar refractivity (Wildman–Crippen MR) is 62.9 cm³/mol. The smallest absolute Gasteiger partial charge is 0.117 e. The molecule has 0 amide bonds. The van der Waals surface area contributed by atoms with E-state index in [1.165, 1.54) is 0 Å². The van der Waals surface area contributed by atoms with Crippen molar-refractivity contribution in [2.24, 2.45) is 0 Å². The van der Waals surface area contributed by atoms with Crippen molar-refractivity contribution in [3.8, 4) is 0 Å². The zero-order valence-electron chi connectivity index (χ0n) is 9.97. The van der Waals surface area contributed by atoms with Gasteiger partial charge in [0.2, 0.25) is 0 Å². The normalized spacial score (nSPS) is 11.2. The van der Waals surface area contributed by atoms with Crippen LogP contribution in [0.3, 0.4) is 0 Å². The summed E-state index contributed by atoms with van der Waals surface area (Å²) < 4.78 is 5.58. The molecular weight excluding hydrogens is 188 g/mol. The molecule has 0 aromatic carbocycles. The zero-order chi connectivity index (χ0) is 11.1. The summed E-state index contributed by atoms with van der Waals surface area (Å²) in [5, 5.41) is 6.69. The molecule has 3 heteroatoms. The van der Waals surface area contributed by atoms with Gasteiger partial charge in [-0.3, -0.25) is 0 Å². The highest BCUT2D eigenvalue weighted by atomic mass is 16.3. The summed E-state index contributed by atoms with van der Waals surface area (Å²) in [5.41, 5.74) is 0. The zero-order valence-corrected chi connectivity index (χ0v) is 9.97. The van der Waals surface area contributed by atoms with Gasteiger partial charge >= 0.3 is 0 Å². The molecule has 0 unspecified atom stereocenters. The van der Waals surface area contributed by atoms with E-state index >= 15 is 0 Å². The molecule has 2 N–H and O–H groups in total. The summed E-state index contributed by atoms with van der Waals surface area (Å²) in [6.07, 6.45) is 0.967. The molecule has 0 saturated carbocycles. The molecule has 0 spiro atoms. The lowest BCUT2D eigenvalue weighted by atomic mass is 10.3. The van der Waals surface area contributed by atoms with Gasteiger partial charge in [-0.1, -0.05) is 20.8 Å². The third-order valence-electron chi connectivity index (χ3n) is 2.22. The first-order chi connectivity index (χ1) is 7.22. The number of furan rings is 1. The van der Waals surface area contributed by atoms with Crippen molar-refractivity contribution in [3.63, 3.8) is 0 Å². The van der Waals surface area contributed by atoms with Gasteiger partial charge in [0.25, 0.3) is 0 Å². The van der Waals surface area contributed by atoms with Crippen LogP contribution in [0.15, 0.2) is 16.5 Å². The lowest BCUT2D eigenvalue weighted by molar-refractivity contribution is 0.447. The van der Waals surface area contributed by atoms with E-state index in [4.69, 9.17) is 4.42 Å². The maximum absolute atomic E-state index is 5.58. The van der Waals surface area contributed by atoms with Crippen LogP contribution in [0.1, 0.15) is 32.3 Å². The van der Waals surface area contributed by atoms with E-state index in [9.17, 15) is 0 Å². The van der Waals surface area contributed by atoms with Crippen molar-refractivity contribution in [2.75, 3.05) is 13.1 Å². The van der Waals surface area contributed by atoms with Crippen LogP contribution in [0.5, 0.6) is 0 Å². The van der Waals surface area contributed by atoms with Crippen molar-refractivity contribution >= 4 is 0 Å². The second-order valence-electron chi connectivity index (χ2n) is 4.01. The fraction of sp³-hybridized carbons (Fsp3) is 0.667. The van der Waals surface area contributed by atoms with Gasteiger partial charge < -0.3 is 15.1 Å². The molecule has 0 atom stereocenters. The van der Waals surface area contributed by atoms with E-state index in [1.807, 2.05) is 12.1 Å². The number of aryl methyl sites for hydroxylation is 1. The van der Waals surface area contributed by atoms with Crippen LogP contribution in [0, 0.1) is 0 Å². The first-order valence-electron chi connectivity index (χ1n) is 5.74. The summed E-state index contributed by atoms with van der Waals surface area (Å²) in [5.74, 6) is 2.09. The highest BCUT2D eigenvalue weighted by molar-refractivity contribution is 5.06. The van der Waals surface area contributed by atoms with Gasteiger partial charge in [0, 0.05) is 25.6 Å². The Bertz CT molecular complexity index is 268. The predicted octanol–water partition coefficient (Wildman–Crippen LogP) is 1.93. The maximum Gasteiger partial charge on any atom is 0.117 e. The second-order valence-corrected chi connectivity index (χ2v) is 4.01. The van der Waals surface area contributed by atoms with Gasteiger partial charge in [-0.05, 0) is 12.1 Å². The van der Waals surface area contributed by atoms with Crippen LogP contribution >= 0.6 is 0 Å². The highest BCUT2D eigenvalue weighted by Gasteiger charge is 1.99. The summed E-state index contributed by atoms with van der Waals surface area (Å²) >= 11 is 0. The second kappa shape index (κ2) is 6.64. The van der Waals surface area contributed by atoms with Crippen molar-refractivity contribution in [2.45, 2.75) is 39.8 Å². The van der Waals surface area contributed by atoms with Crippen molar-refractivity contribution < 1.29 is 4.42 Å². The SMILES string of the molecule is CCc1ccc(CNCCNC(C)C)o1. The molecule has 0 radical (unpaired) electrons. The quantitative estimate of drug-likeness (QED) is 0.675. The van der Waals surface area contributed by atoms with Crippen molar-refractivity contribution in [3.05, 3.63) is 23.7 Å². The van der Waals surface area contributed by atoms with Gasteiger partial charge in [-0.25, -0.2) is 0 Å². The van der Waals surface area contributed by atoms with Gasteiger partial charge in [0.15, 0.2) is 0 Å². The first kappa shape index (κ1) is 12.3. The average Bonchev–Trinajstić information content (AvgIpc) is 2.65. The molecule has 0 fully saturated rings. The van der Waals surface area contributed by atoms with E-state index in [1.54, 1.807) is 0 Å². The number of nitrogens with one attached hydrogen (secondary N) is 2. The fourth-order valence-electron chi connectivity index (χ4n) is 1.37. The van der Waals surface area contributed by atoms with Crippen LogP contribution in [0.4, 0.5) is 0 Å². The molecule has 0 aliphatic rings. The Kier molecular flexibility index (Phi) is 5.43. The van der Waals surface area contributed by atoms with Gasteiger partial charge in [-0.15, -0.1) is 0 Å². The van der Waals surface area contributed by atoms with E-state index in [0.29, 0.717) is 6.04 Å². The van der Waals surface area contributed by atoms with Crippen molar-refractivity contribution in [1.29, 1.82) is 0 Å². The van der Waals surface area contributed by atoms with Crippen molar-refractivity contribution in [1.82, 2.24) is 10.6 Å². The number of hydrogen-bond acceptors (Lipinski definition) is 3. The third-order valence-corrected chi connectivity index (χ3v) is 2.22. The monoisotopic (exact) mass is 210 g/mol. The summed E-state index contributed by atoms with van der Waals surface area (Å²) in [6, 6.07) is 4.65. The molecule has 1 heterocycles. The van der Waals surface area contributed by atoms with Crippen LogP contribution in [-0.2, 0) is 13.0 Å². The standard InChI is InChI=1S/C12H22N2O/c1-4-11-5-6-12(15-11)9-13-7-8-14-10(2)3/h5-6,10,13-14H,4,7-9H2,1-3H3. The fourth-order valence-corrected chi connectivity index (χ4v) is 1.37. The average molecular weight is 210 g/mol. The lowest BCUT2D eigenvalue weighted by Gasteiger charge is -2.07. The van der Waals surface area contributed by atoms with Gasteiger partial charge in [-0.2, -0.15) is 0 Å². The molecule has 15 heavy (non-hydrogen) atoms. The van der Waals surface area contributed by atoms with Crippen LogP contribution in [-0.4, -0.2) is 19.1 Å². The van der Waals surface area contributed by atoms with Crippen LogP contribution in [0.25, 0.3) is 0 Å². The minimum atomic E-state index is 0.558. The Balaban J connectivity index is 2.09. The number of hydrogen-bond donors (Lipinski definition) is 2. The Morgan fingerprint density at radius 3 is 2.53 bits per heavy atom. The van der Waals surface area contributed by atoms with Crippen LogP contribution in [0.2, 0.25) is 0 Å². The van der Waals surface area contributed by atoms with E-state index in [2.05, 4.69) is 31.4 Å². The summed E-state index contributed by atoms with van der Waals surface area (Å²) in [4.78, 5) is 0. The topological polar surface area (TPSA) is 37.2 Å². The molecular formula is C12H22N2O. The first-order valence-corrected chi connectivity index (χ1v) is 5.74. The maximum atomic E-state index is 5.58. The van der Waals surface area contributed by atoms with Crippen LogP contribution < -0.4 is 10.6 Å². The molecule has 86 valence electrons. The molecule has 1 aromatic rings. The Morgan fingerprint density at radius 1 is 1.20 bits per heavy atom. The van der Waals surface area contributed by atoms with Gasteiger partial charge in [0.05, 0.1) is 6.54 Å². The molecule has 0 saturated heterocycles. The Labute approximate surface area is 92.2 Å². The summed E-state index contributed by atoms with van der Waals surface area (Å²) in [7, 11) is 0. The molecule has 0 aliphatic carbocycles. The summed E-state index contributed by atoms with van der Waals surface area (Å²) in [6.45, 7) is 9.20. The number of rotatable bonds is 7. The minimum absolute atomic E-state index is 0.558. The van der Waals surface area contributed by atoms with E-state index in [0.717, 1.165) is 37.6 Å². The molecule has 1 rings (SSSR count). The van der Waals surface area contributed by atoms with Gasteiger partial charge in [0.1, 0.15) is 11.5 Å². The minimum Gasteiger partial charge on any atom is -0.465 e. The highest BCUT2D eigenvalue weighted by Crippen LogP contribution is 2.07. The van der Waals surface area contributed by atoms with E-state index < -0.39 is 0 Å². The molecule has 1 aromatic heterocycles. The molecule has 3 nitrogen and oxygen atoms in total. The largest absolute Gasteiger partial charge is 0.465 e. The lowest BCUT2D eigenvalue weighted by Crippen LogP contribution is -2.31. The molecule has 0 aliphatic heterocycles. The third kappa shape index (κ3) is 5.00. The molecule has 0 bridgehead atoms. The van der Waals surface area contributed by atoms with E-state index in [-0.39, 0.29) is 0 Å². The Morgan fingerprint density at radius 2 is 1.93 bits per heavy atom.